The third kappa shape index (κ3) is 4.08. The van der Waals surface area contributed by atoms with Gasteiger partial charge in [0.1, 0.15) is 18.1 Å². The highest BCUT2D eigenvalue weighted by atomic mass is 16.5. The predicted octanol–water partition coefficient (Wildman–Crippen LogP) is 2.62. The summed E-state index contributed by atoms with van der Waals surface area (Å²) in [5, 5.41) is 16.1. The van der Waals surface area contributed by atoms with E-state index in [1.807, 2.05) is 45.0 Å². The summed E-state index contributed by atoms with van der Waals surface area (Å²) in [5.41, 5.74) is 2.76. The van der Waals surface area contributed by atoms with E-state index in [1.165, 1.54) is 9.36 Å². The van der Waals surface area contributed by atoms with Crippen molar-refractivity contribution in [1.82, 2.24) is 19.8 Å². The number of tetrazole rings is 1. The molecule has 0 N–H and O–H groups in total. The summed E-state index contributed by atoms with van der Waals surface area (Å²) < 4.78 is 13.6. The number of aryl methyl sites for hydroxylation is 2. The van der Waals surface area contributed by atoms with Gasteiger partial charge in [0, 0.05) is 19.0 Å². The van der Waals surface area contributed by atoms with Gasteiger partial charge in [-0.15, -0.1) is 10.2 Å². The second kappa shape index (κ2) is 8.47. The first-order valence-corrected chi connectivity index (χ1v) is 8.87. The fraction of sp³-hybridized carbons (Fsp3) is 0.316. The normalized spacial score (nSPS) is 12.4. The van der Waals surface area contributed by atoms with E-state index in [1.54, 1.807) is 19.4 Å². The van der Waals surface area contributed by atoms with Gasteiger partial charge >= 0.3 is 5.69 Å². The summed E-state index contributed by atoms with van der Waals surface area (Å²) in [6, 6.07) is 9.24. The molecule has 0 saturated heterocycles. The van der Waals surface area contributed by atoms with Crippen LogP contribution in [0, 0.1) is 6.92 Å². The molecule has 9 nitrogen and oxygen atoms in total. The largest absolute Gasteiger partial charge is 0.475 e. The predicted molar refractivity (Wildman–Crippen MR) is 105 cm³/mol. The van der Waals surface area contributed by atoms with Crippen molar-refractivity contribution in [3.05, 3.63) is 64.0 Å². The summed E-state index contributed by atoms with van der Waals surface area (Å²) in [4.78, 5) is 12.2. The summed E-state index contributed by atoms with van der Waals surface area (Å²) in [5.74, 6) is 1.13. The summed E-state index contributed by atoms with van der Waals surface area (Å²) >= 11 is 0. The Balaban J connectivity index is 1.83. The highest BCUT2D eigenvalue weighted by Crippen LogP contribution is 2.18. The fourth-order valence-electron chi connectivity index (χ4n) is 2.56. The van der Waals surface area contributed by atoms with Crippen molar-refractivity contribution >= 4 is 11.6 Å². The second-order valence-electron chi connectivity index (χ2n) is 6.17. The van der Waals surface area contributed by atoms with Crippen LogP contribution in [0.2, 0.25) is 0 Å². The Hall–Kier alpha value is -3.49. The number of furan rings is 1. The molecule has 0 bridgehead atoms. The molecule has 0 atom stereocenters. The highest BCUT2D eigenvalue weighted by Gasteiger charge is 2.14. The van der Waals surface area contributed by atoms with Gasteiger partial charge in [-0.25, -0.2) is 4.79 Å². The van der Waals surface area contributed by atoms with Crippen LogP contribution in [0.4, 0.5) is 0 Å². The molecule has 0 aliphatic carbocycles. The van der Waals surface area contributed by atoms with Gasteiger partial charge in [0.25, 0.3) is 0 Å². The number of rotatable bonds is 6. The maximum absolute atomic E-state index is 12.2. The van der Waals surface area contributed by atoms with Crippen molar-refractivity contribution in [3.63, 3.8) is 0 Å². The second-order valence-corrected chi connectivity index (χ2v) is 6.17. The average Bonchev–Trinajstić information content (AvgIpc) is 3.34. The average molecular weight is 382 g/mol. The molecule has 146 valence electrons. The Labute approximate surface area is 161 Å². The molecule has 0 saturated carbocycles. The number of hydrogen-bond acceptors (Lipinski definition) is 7. The molecule has 3 aromatic rings. The van der Waals surface area contributed by atoms with Crippen LogP contribution < -0.4 is 5.69 Å². The molecule has 0 fully saturated rings. The highest BCUT2D eigenvalue weighted by molar-refractivity contribution is 5.96. The lowest BCUT2D eigenvalue weighted by Gasteiger charge is -2.13. The third-order valence-corrected chi connectivity index (χ3v) is 4.21. The minimum atomic E-state index is -0.324. The lowest BCUT2D eigenvalue weighted by molar-refractivity contribution is 0.282. The zero-order valence-corrected chi connectivity index (χ0v) is 16.3. The first-order valence-electron chi connectivity index (χ1n) is 8.87. The Bertz CT molecular complexity index is 1060. The van der Waals surface area contributed by atoms with Crippen molar-refractivity contribution in [3.8, 4) is 5.69 Å². The van der Waals surface area contributed by atoms with Gasteiger partial charge in [-0.3, -0.25) is 0 Å². The molecule has 0 spiro atoms. The van der Waals surface area contributed by atoms with Gasteiger partial charge in [-0.2, -0.15) is 9.36 Å². The fourth-order valence-corrected chi connectivity index (χ4v) is 2.56. The Morgan fingerprint density at radius 2 is 2.04 bits per heavy atom. The molecule has 2 heterocycles. The monoisotopic (exact) mass is 382 g/mol. The number of hydrogen-bond donors (Lipinski definition) is 0. The number of nitrogens with zero attached hydrogens (tertiary/aromatic N) is 6. The Morgan fingerprint density at radius 1 is 1.21 bits per heavy atom. The van der Waals surface area contributed by atoms with E-state index in [0.29, 0.717) is 29.5 Å². The molecule has 0 radical (unpaired) electrons. The van der Waals surface area contributed by atoms with Crippen molar-refractivity contribution in [1.29, 1.82) is 0 Å². The number of aromatic nitrogens is 4. The van der Waals surface area contributed by atoms with E-state index >= 15 is 0 Å². The van der Waals surface area contributed by atoms with Gasteiger partial charge in [0.05, 0.1) is 12.0 Å². The van der Waals surface area contributed by atoms with Gasteiger partial charge in [0.2, 0.25) is 5.90 Å². The van der Waals surface area contributed by atoms with E-state index in [-0.39, 0.29) is 12.3 Å². The Morgan fingerprint density at radius 3 is 2.68 bits per heavy atom. The first-order chi connectivity index (χ1) is 13.5. The lowest BCUT2D eigenvalue weighted by Crippen LogP contribution is -2.23. The van der Waals surface area contributed by atoms with E-state index in [0.717, 1.165) is 11.1 Å². The lowest BCUT2D eigenvalue weighted by atomic mass is 10.1. The van der Waals surface area contributed by atoms with Crippen molar-refractivity contribution in [2.24, 2.45) is 17.3 Å². The Kier molecular flexibility index (Phi) is 5.83. The zero-order valence-electron chi connectivity index (χ0n) is 16.3. The smallest absolute Gasteiger partial charge is 0.368 e. The van der Waals surface area contributed by atoms with Crippen molar-refractivity contribution in [2.45, 2.75) is 33.8 Å². The van der Waals surface area contributed by atoms with Crippen LogP contribution in [0.3, 0.4) is 0 Å². The molecule has 1 aromatic carbocycles. The van der Waals surface area contributed by atoms with E-state index in [9.17, 15) is 4.79 Å². The summed E-state index contributed by atoms with van der Waals surface area (Å²) in [6.07, 6.45) is 2.16. The molecular formula is C19H22N6O3. The van der Waals surface area contributed by atoms with Crippen LogP contribution >= 0.6 is 0 Å². The number of ether oxygens (including phenoxy) is 1. The molecule has 0 unspecified atom stereocenters. The quantitative estimate of drug-likeness (QED) is 0.371. The minimum Gasteiger partial charge on any atom is -0.475 e. The molecule has 0 aliphatic rings. The van der Waals surface area contributed by atoms with Gasteiger partial charge in [-0.1, -0.05) is 19.1 Å². The number of benzene rings is 1. The van der Waals surface area contributed by atoms with Crippen LogP contribution in [0.15, 0.2) is 56.0 Å². The maximum Gasteiger partial charge on any atom is 0.368 e. The zero-order chi connectivity index (χ0) is 20.1. The SMILES string of the molecule is CCC(=NN=C(C)c1ccco1)OCc1c(C)cccc1-n1nnn(C)c1=O. The maximum atomic E-state index is 12.2. The van der Waals surface area contributed by atoms with Crippen LogP contribution in [-0.4, -0.2) is 31.4 Å². The van der Waals surface area contributed by atoms with E-state index in [2.05, 4.69) is 20.6 Å². The van der Waals surface area contributed by atoms with Crippen LogP contribution in [0.25, 0.3) is 5.69 Å². The summed E-state index contributed by atoms with van der Waals surface area (Å²) in [6.45, 7) is 5.93. The van der Waals surface area contributed by atoms with Crippen LogP contribution in [0.5, 0.6) is 0 Å². The van der Waals surface area contributed by atoms with Gasteiger partial charge < -0.3 is 9.15 Å². The topological polar surface area (TPSA) is 99.8 Å². The van der Waals surface area contributed by atoms with Crippen LogP contribution in [-0.2, 0) is 18.4 Å². The molecule has 0 aliphatic heterocycles. The molecule has 0 amide bonds. The first kappa shape index (κ1) is 19.3. The molecule has 3 rings (SSSR count). The van der Waals surface area contributed by atoms with Gasteiger partial charge in [-0.05, 0) is 48.0 Å². The van der Waals surface area contributed by atoms with Crippen molar-refractivity contribution < 1.29 is 9.15 Å². The molecule has 2 aromatic heterocycles. The third-order valence-electron chi connectivity index (χ3n) is 4.21. The molecular weight excluding hydrogens is 360 g/mol. The minimum absolute atomic E-state index is 0.229. The summed E-state index contributed by atoms with van der Waals surface area (Å²) in [7, 11) is 1.55. The van der Waals surface area contributed by atoms with Crippen LogP contribution in [0.1, 0.15) is 37.2 Å². The van der Waals surface area contributed by atoms with Crippen molar-refractivity contribution in [2.75, 3.05) is 0 Å². The molecule has 9 heteroatoms. The van der Waals surface area contributed by atoms with E-state index in [4.69, 9.17) is 9.15 Å². The van der Waals surface area contributed by atoms with Gasteiger partial charge in [0.15, 0.2) is 0 Å². The molecule has 28 heavy (non-hydrogen) atoms. The standard InChI is InChI=1S/C19H22N6O3/c1-5-18(21-20-14(3)17-10-7-11-27-17)28-12-15-13(2)8-6-9-16(15)25-19(26)24(4)22-23-25/h6-11H,5,12H2,1-4H3. The van der Waals surface area contributed by atoms with E-state index < -0.39 is 0 Å².